The van der Waals surface area contributed by atoms with E-state index in [4.69, 9.17) is 11.1 Å². The molecule has 4 rings (SSSR count). The van der Waals surface area contributed by atoms with Gasteiger partial charge in [-0.1, -0.05) is 12.1 Å². The van der Waals surface area contributed by atoms with Crippen molar-refractivity contribution in [1.82, 2.24) is 0 Å². The van der Waals surface area contributed by atoms with Gasteiger partial charge in [0.05, 0.1) is 11.1 Å². The Morgan fingerprint density at radius 3 is 1.97 bits per heavy atom. The van der Waals surface area contributed by atoms with E-state index in [9.17, 15) is 30.7 Å². The molecule has 3 aromatic rings. The standard InChI is InChI=1S/C20H10F7N3/c21-14-3-1-2-11-13(14)7-12(16-15(11)17(28)30-18(16)29)8-4-9(19(22,23)24)6-10(5-8)20(25,26)27/h1-7H,(H3,28,29,30). The summed E-state index contributed by atoms with van der Waals surface area (Å²) in [6.07, 6.45) is -10.1. The first-order chi connectivity index (χ1) is 13.9. The Morgan fingerprint density at radius 1 is 0.800 bits per heavy atom. The van der Waals surface area contributed by atoms with Crippen molar-refractivity contribution < 1.29 is 30.7 Å². The molecule has 0 amide bonds. The van der Waals surface area contributed by atoms with E-state index in [1.165, 1.54) is 12.1 Å². The molecule has 0 saturated heterocycles. The maximum absolute atomic E-state index is 14.4. The third-order valence-corrected chi connectivity index (χ3v) is 4.75. The number of hydrogen-bond acceptors (Lipinski definition) is 2. The Balaban J connectivity index is 2.13. The topological polar surface area (TPSA) is 62.2 Å². The number of aliphatic imine (C=N–C) groups is 1. The minimum absolute atomic E-state index is 0.00481. The summed E-state index contributed by atoms with van der Waals surface area (Å²) in [7, 11) is 0. The van der Waals surface area contributed by atoms with Gasteiger partial charge in [0.2, 0.25) is 0 Å². The number of nitrogens with two attached hydrogens (primary N) is 1. The first-order valence-corrected chi connectivity index (χ1v) is 8.36. The maximum Gasteiger partial charge on any atom is 0.416 e. The summed E-state index contributed by atoms with van der Waals surface area (Å²) in [5.74, 6) is -1.36. The van der Waals surface area contributed by atoms with Crippen LogP contribution in [0.4, 0.5) is 30.7 Å². The summed E-state index contributed by atoms with van der Waals surface area (Å²) in [6.45, 7) is 0. The van der Waals surface area contributed by atoms with Crippen LogP contribution in [0.3, 0.4) is 0 Å². The molecule has 0 atom stereocenters. The largest absolute Gasteiger partial charge is 0.416 e. The number of halogens is 7. The average Bonchev–Trinajstić information content (AvgIpc) is 2.94. The van der Waals surface area contributed by atoms with Crippen molar-refractivity contribution in [3.8, 4) is 11.1 Å². The minimum Gasteiger partial charge on any atom is -0.383 e. The van der Waals surface area contributed by atoms with E-state index in [1.54, 1.807) is 0 Å². The molecule has 0 unspecified atom stereocenters. The van der Waals surface area contributed by atoms with Crippen molar-refractivity contribution in [3.05, 3.63) is 70.5 Å². The van der Waals surface area contributed by atoms with E-state index in [0.29, 0.717) is 12.1 Å². The molecule has 0 radical (unpaired) electrons. The Hall–Kier alpha value is -3.43. The van der Waals surface area contributed by atoms with Gasteiger partial charge in [-0.05, 0) is 46.8 Å². The summed E-state index contributed by atoms with van der Waals surface area (Å²) in [5.41, 5.74) is 2.19. The summed E-state index contributed by atoms with van der Waals surface area (Å²) < 4.78 is 94.0. The number of nitrogens with one attached hydrogen (secondary N) is 1. The van der Waals surface area contributed by atoms with E-state index in [-0.39, 0.29) is 45.2 Å². The van der Waals surface area contributed by atoms with Crippen LogP contribution in [0, 0.1) is 11.2 Å². The molecule has 0 spiro atoms. The molecule has 30 heavy (non-hydrogen) atoms. The highest BCUT2D eigenvalue weighted by molar-refractivity contribution is 6.28. The number of amidine groups is 2. The second-order valence-corrected chi connectivity index (χ2v) is 6.65. The summed E-state index contributed by atoms with van der Waals surface area (Å²) in [5, 5.41) is 8.16. The number of alkyl halides is 6. The molecule has 1 aliphatic rings. The van der Waals surface area contributed by atoms with E-state index in [0.717, 1.165) is 12.1 Å². The molecule has 3 aromatic carbocycles. The zero-order chi connectivity index (χ0) is 22.0. The van der Waals surface area contributed by atoms with Crippen LogP contribution in [-0.2, 0) is 12.4 Å². The first kappa shape index (κ1) is 19.9. The lowest BCUT2D eigenvalue weighted by atomic mass is 9.89. The van der Waals surface area contributed by atoms with Gasteiger partial charge in [-0.15, -0.1) is 0 Å². The van der Waals surface area contributed by atoms with Crippen LogP contribution in [-0.4, -0.2) is 11.7 Å². The van der Waals surface area contributed by atoms with Gasteiger partial charge in [0.25, 0.3) is 0 Å². The molecule has 1 heterocycles. The molecule has 0 aromatic heterocycles. The second-order valence-electron chi connectivity index (χ2n) is 6.65. The molecule has 10 heteroatoms. The van der Waals surface area contributed by atoms with Gasteiger partial charge in [0.15, 0.2) is 5.84 Å². The number of rotatable bonds is 1. The maximum atomic E-state index is 14.4. The zero-order valence-corrected chi connectivity index (χ0v) is 14.7. The summed E-state index contributed by atoms with van der Waals surface area (Å²) in [4.78, 5) is 3.78. The molecule has 0 saturated carbocycles. The predicted molar refractivity (Wildman–Crippen MR) is 96.9 cm³/mol. The van der Waals surface area contributed by atoms with Crippen LogP contribution < -0.4 is 5.73 Å². The minimum atomic E-state index is -5.05. The monoisotopic (exact) mass is 425 g/mol. The Labute approximate surface area is 164 Å². The quantitative estimate of drug-likeness (QED) is 0.481. The number of hydrogen-bond donors (Lipinski definition) is 2. The van der Waals surface area contributed by atoms with Crippen molar-refractivity contribution in [1.29, 1.82) is 5.41 Å². The van der Waals surface area contributed by atoms with Crippen LogP contribution in [0.1, 0.15) is 22.3 Å². The van der Waals surface area contributed by atoms with E-state index >= 15 is 0 Å². The fourth-order valence-corrected chi connectivity index (χ4v) is 3.47. The first-order valence-electron chi connectivity index (χ1n) is 8.36. The van der Waals surface area contributed by atoms with Gasteiger partial charge in [0.1, 0.15) is 11.7 Å². The highest BCUT2D eigenvalue weighted by atomic mass is 19.4. The fourth-order valence-electron chi connectivity index (χ4n) is 3.47. The van der Waals surface area contributed by atoms with Crippen molar-refractivity contribution in [2.45, 2.75) is 12.4 Å². The van der Waals surface area contributed by atoms with Crippen LogP contribution >= 0.6 is 0 Å². The molecule has 0 fully saturated rings. The van der Waals surface area contributed by atoms with Gasteiger partial charge in [-0.2, -0.15) is 26.3 Å². The van der Waals surface area contributed by atoms with Crippen molar-refractivity contribution in [2.24, 2.45) is 10.7 Å². The van der Waals surface area contributed by atoms with E-state index in [1.807, 2.05) is 0 Å². The number of fused-ring (bicyclic) bond motifs is 3. The van der Waals surface area contributed by atoms with Gasteiger partial charge >= 0.3 is 12.4 Å². The average molecular weight is 425 g/mol. The molecule has 154 valence electrons. The second kappa shape index (κ2) is 6.28. The molecule has 3 N–H and O–H groups in total. The molecular weight excluding hydrogens is 415 g/mol. The fraction of sp³-hybridized carbons (Fsp3) is 0.100. The van der Waals surface area contributed by atoms with Crippen LogP contribution in [0.25, 0.3) is 21.9 Å². The van der Waals surface area contributed by atoms with Gasteiger partial charge in [0, 0.05) is 16.5 Å². The normalized spacial score (nSPS) is 14.2. The highest BCUT2D eigenvalue weighted by Crippen LogP contribution is 2.42. The molecule has 0 aliphatic carbocycles. The summed E-state index contributed by atoms with van der Waals surface area (Å²) >= 11 is 0. The number of nitrogens with zero attached hydrogens (tertiary/aromatic N) is 1. The van der Waals surface area contributed by atoms with Crippen molar-refractivity contribution in [2.75, 3.05) is 0 Å². The van der Waals surface area contributed by atoms with Crippen LogP contribution in [0.15, 0.2) is 47.5 Å². The lowest BCUT2D eigenvalue weighted by molar-refractivity contribution is -0.143. The third-order valence-electron chi connectivity index (χ3n) is 4.75. The predicted octanol–water partition coefficient (Wildman–Crippen LogP) is 5.73. The Kier molecular flexibility index (Phi) is 4.16. The zero-order valence-electron chi connectivity index (χ0n) is 14.7. The van der Waals surface area contributed by atoms with Gasteiger partial charge in [-0.25, -0.2) is 9.38 Å². The Bertz CT molecular complexity index is 1220. The number of benzene rings is 3. The molecule has 3 nitrogen and oxygen atoms in total. The van der Waals surface area contributed by atoms with Gasteiger partial charge < -0.3 is 5.73 Å². The van der Waals surface area contributed by atoms with Gasteiger partial charge in [-0.3, -0.25) is 5.41 Å². The smallest absolute Gasteiger partial charge is 0.383 e. The van der Waals surface area contributed by atoms with Crippen LogP contribution in [0.2, 0.25) is 0 Å². The molecule has 0 bridgehead atoms. The van der Waals surface area contributed by atoms with Crippen molar-refractivity contribution in [3.63, 3.8) is 0 Å². The molecule has 1 aliphatic heterocycles. The van der Waals surface area contributed by atoms with E-state index < -0.39 is 34.9 Å². The lowest BCUT2D eigenvalue weighted by Gasteiger charge is -2.17. The van der Waals surface area contributed by atoms with Crippen LogP contribution in [0.5, 0.6) is 0 Å². The molecular formula is C20H10F7N3. The van der Waals surface area contributed by atoms with Crippen molar-refractivity contribution >= 4 is 22.4 Å². The third kappa shape index (κ3) is 3.08. The van der Waals surface area contributed by atoms with E-state index in [2.05, 4.69) is 4.99 Å². The lowest BCUT2D eigenvalue weighted by Crippen LogP contribution is -2.14. The summed E-state index contributed by atoms with van der Waals surface area (Å²) in [6, 6.07) is 6.13. The highest BCUT2D eigenvalue weighted by Gasteiger charge is 2.37. The SMILES string of the molecule is N=C1N=C(N)c2c(-c3cc(C(F)(F)F)cc(C(F)(F)F)c3)cc3c(F)cccc3c21. The Morgan fingerprint density at radius 2 is 1.40 bits per heavy atom.